The van der Waals surface area contributed by atoms with Crippen molar-refractivity contribution in [1.29, 1.82) is 0 Å². The molecule has 1 aromatic heterocycles. The zero-order chi connectivity index (χ0) is 17.3. The van der Waals surface area contributed by atoms with Crippen LogP contribution < -0.4 is 15.7 Å². The predicted molar refractivity (Wildman–Crippen MR) is 90.6 cm³/mol. The van der Waals surface area contributed by atoms with Crippen LogP contribution in [0.1, 0.15) is 16.9 Å². The molecule has 6 heteroatoms. The predicted octanol–water partition coefficient (Wildman–Crippen LogP) is 2.86. The molecule has 0 spiro atoms. The Morgan fingerprint density at radius 1 is 1.17 bits per heavy atom. The van der Waals surface area contributed by atoms with Crippen molar-refractivity contribution in [2.45, 2.75) is 26.9 Å². The van der Waals surface area contributed by atoms with Gasteiger partial charge in [-0.05, 0) is 44.0 Å². The van der Waals surface area contributed by atoms with Gasteiger partial charge in [0, 0.05) is 11.8 Å². The number of ether oxygens (including phenoxy) is 1. The minimum atomic E-state index is -0.436. The molecule has 126 valence electrons. The number of benzene rings is 1. The molecule has 6 nitrogen and oxygen atoms in total. The topological polar surface area (TPSA) is 71.8 Å². The van der Waals surface area contributed by atoms with E-state index in [1.165, 1.54) is 11.6 Å². The van der Waals surface area contributed by atoms with Crippen LogP contribution >= 0.6 is 0 Å². The number of carbonyl (C=O) groups is 1. The molecular weight excluding hydrogens is 308 g/mol. The summed E-state index contributed by atoms with van der Waals surface area (Å²) in [5.41, 5.74) is 2.67. The minimum absolute atomic E-state index is 0.114. The summed E-state index contributed by atoms with van der Waals surface area (Å²) in [6.45, 7) is 6.70. The third-order valence-corrected chi connectivity index (χ3v) is 4.06. The SMILES string of the molecule is Cc1cc(OC2CN(C(=O)Nc3ccc(C)c(C)c3)C2)cc(=O)o1. The van der Waals surface area contributed by atoms with Gasteiger partial charge in [-0.1, -0.05) is 6.07 Å². The Hall–Kier alpha value is -2.76. The lowest BCUT2D eigenvalue weighted by atomic mass is 10.1. The number of hydrogen-bond acceptors (Lipinski definition) is 4. The Morgan fingerprint density at radius 2 is 1.92 bits per heavy atom. The Morgan fingerprint density at radius 3 is 2.58 bits per heavy atom. The summed E-state index contributed by atoms with van der Waals surface area (Å²) in [4.78, 5) is 25.2. The number of anilines is 1. The van der Waals surface area contributed by atoms with Crippen LogP contribution in [0.15, 0.2) is 39.5 Å². The second-order valence-corrected chi connectivity index (χ2v) is 6.10. The van der Waals surface area contributed by atoms with Crippen molar-refractivity contribution in [3.05, 3.63) is 57.6 Å². The van der Waals surface area contributed by atoms with E-state index in [4.69, 9.17) is 9.15 Å². The maximum Gasteiger partial charge on any atom is 0.339 e. The van der Waals surface area contributed by atoms with Gasteiger partial charge in [0.2, 0.25) is 0 Å². The molecule has 1 saturated heterocycles. The average Bonchev–Trinajstić information content (AvgIpc) is 2.45. The van der Waals surface area contributed by atoms with E-state index in [1.807, 2.05) is 32.0 Å². The van der Waals surface area contributed by atoms with Gasteiger partial charge >= 0.3 is 11.7 Å². The zero-order valence-electron chi connectivity index (χ0n) is 14.0. The summed E-state index contributed by atoms with van der Waals surface area (Å²) in [5, 5.41) is 2.88. The maximum absolute atomic E-state index is 12.2. The molecule has 0 saturated carbocycles. The molecule has 0 radical (unpaired) electrons. The number of carbonyl (C=O) groups excluding carboxylic acids is 1. The lowest BCUT2D eigenvalue weighted by Crippen LogP contribution is -2.57. The van der Waals surface area contributed by atoms with Crippen molar-refractivity contribution < 1.29 is 13.9 Å². The summed E-state index contributed by atoms with van der Waals surface area (Å²) in [6, 6.07) is 8.65. The smallest absolute Gasteiger partial charge is 0.339 e. The molecule has 1 aliphatic heterocycles. The number of urea groups is 1. The van der Waals surface area contributed by atoms with E-state index in [9.17, 15) is 9.59 Å². The summed E-state index contributed by atoms with van der Waals surface area (Å²) in [5.74, 6) is 0.976. The maximum atomic E-state index is 12.2. The van der Waals surface area contributed by atoms with Crippen LogP contribution in [0.4, 0.5) is 10.5 Å². The summed E-state index contributed by atoms with van der Waals surface area (Å²) in [7, 11) is 0. The highest BCUT2D eigenvalue weighted by Gasteiger charge is 2.32. The van der Waals surface area contributed by atoms with Gasteiger partial charge in [-0.2, -0.15) is 0 Å². The lowest BCUT2D eigenvalue weighted by Gasteiger charge is -2.38. The third-order valence-electron chi connectivity index (χ3n) is 4.06. The monoisotopic (exact) mass is 328 g/mol. The molecule has 3 rings (SSSR count). The second-order valence-electron chi connectivity index (χ2n) is 6.10. The molecule has 2 amide bonds. The van der Waals surface area contributed by atoms with Crippen molar-refractivity contribution in [1.82, 2.24) is 4.90 Å². The Kier molecular flexibility index (Phi) is 4.29. The molecule has 0 bridgehead atoms. The Balaban J connectivity index is 1.53. The highest BCUT2D eigenvalue weighted by Crippen LogP contribution is 2.20. The van der Waals surface area contributed by atoms with Crippen molar-refractivity contribution in [2.75, 3.05) is 18.4 Å². The van der Waals surface area contributed by atoms with Gasteiger partial charge in [-0.25, -0.2) is 9.59 Å². The van der Waals surface area contributed by atoms with Gasteiger partial charge in [0.1, 0.15) is 17.6 Å². The highest BCUT2D eigenvalue weighted by atomic mass is 16.5. The molecule has 2 aromatic rings. The fourth-order valence-corrected chi connectivity index (χ4v) is 2.54. The Bertz CT molecular complexity index is 822. The van der Waals surface area contributed by atoms with Crippen LogP contribution in [0.5, 0.6) is 5.75 Å². The first kappa shape index (κ1) is 16.1. The van der Waals surface area contributed by atoms with Gasteiger partial charge in [0.15, 0.2) is 0 Å². The van der Waals surface area contributed by atoms with Crippen LogP contribution in [-0.2, 0) is 0 Å². The van der Waals surface area contributed by atoms with E-state index in [1.54, 1.807) is 17.9 Å². The minimum Gasteiger partial charge on any atom is -0.486 e. The zero-order valence-corrected chi connectivity index (χ0v) is 14.0. The van der Waals surface area contributed by atoms with E-state index >= 15 is 0 Å². The third kappa shape index (κ3) is 3.59. The molecule has 2 heterocycles. The van der Waals surface area contributed by atoms with Gasteiger partial charge in [-0.15, -0.1) is 0 Å². The molecular formula is C18H20N2O4. The number of rotatable bonds is 3. The fraction of sp³-hybridized carbons (Fsp3) is 0.333. The van der Waals surface area contributed by atoms with E-state index in [0.717, 1.165) is 11.3 Å². The number of aryl methyl sites for hydroxylation is 3. The molecule has 1 aliphatic rings. The first-order chi connectivity index (χ1) is 11.4. The molecule has 0 unspecified atom stereocenters. The van der Waals surface area contributed by atoms with Gasteiger partial charge < -0.3 is 19.4 Å². The fourth-order valence-electron chi connectivity index (χ4n) is 2.54. The van der Waals surface area contributed by atoms with Crippen LogP contribution in [0, 0.1) is 20.8 Å². The standard InChI is InChI=1S/C18H20N2O4/c1-11-4-5-14(6-12(11)2)19-18(22)20-9-16(10-20)24-15-7-13(3)23-17(21)8-15/h4-8,16H,9-10H2,1-3H3,(H,19,22). The van der Waals surface area contributed by atoms with Gasteiger partial charge in [0.05, 0.1) is 19.2 Å². The van der Waals surface area contributed by atoms with E-state index in [0.29, 0.717) is 24.6 Å². The first-order valence-electron chi connectivity index (χ1n) is 7.82. The van der Waals surface area contributed by atoms with Crippen molar-refractivity contribution in [3.8, 4) is 5.75 Å². The lowest BCUT2D eigenvalue weighted by molar-refractivity contribution is 0.0487. The van der Waals surface area contributed by atoms with Gasteiger partial charge in [-0.3, -0.25) is 0 Å². The average molecular weight is 328 g/mol. The van der Waals surface area contributed by atoms with Crippen LogP contribution in [0.25, 0.3) is 0 Å². The van der Waals surface area contributed by atoms with E-state index in [-0.39, 0.29) is 12.1 Å². The molecule has 1 N–H and O–H groups in total. The van der Waals surface area contributed by atoms with Crippen LogP contribution in [0.3, 0.4) is 0 Å². The highest BCUT2D eigenvalue weighted by molar-refractivity contribution is 5.90. The number of likely N-dealkylation sites (tertiary alicyclic amines) is 1. The molecule has 1 fully saturated rings. The quantitative estimate of drug-likeness (QED) is 0.940. The van der Waals surface area contributed by atoms with Crippen LogP contribution in [0.2, 0.25) is 0 Å². The molecule has 24 heavy (non-hydrogen) atoms. The normalized spacial score (nSPS) is 14.2. The van der Waals surface area contributed by atoms with Crippen molar-refractivity contribution in [2.24, 2.45) is 0 Å². The Labute approximate surface area is 140 Å². The number of nitrogens with zero attached hydrogens (tertiary/aromatic N) is 1. The number of hydrogen-bond donors (Lipinski definition) is 1. The van der Waals surface area contributed by atoms with Gasteiger partial charge in [0.25, 0.3) is 0 Å². The first-order valence-corrected chi connectivity index (χ1v) is 7.82. The van der Waals surface area contributed by atoms with Crippen molar-refractivity contribution >= 4 is 11.7 Å². The summed E-state index contributed by atoms with van der Waals surface area (Å²) < 4.78 is 10.6. The number of nitrogens with one attached hydrogen (secondary N) is 1. The number of amides is 2. The molecule has 0 atom stereocenters. The molecule has 0 aliphatic carbocycles. The van der Waals surface area contributed by atoms with E-state index in [2.05, 4.69) is 5.32 Å². The van der Waals surface area contributed by atoms with Crippen molar-refractivity contribution in [3.63, 3.8) is 0 Å². The summed E-state index contributed by atoms with van der Waals surface area (Å²) >= 11 is 0. The van der Waals surface area contributed by atoms with Crippen LogP contribution in [-0.4, -0.2) is 30.1 Å². The second kappa shape index (κ2) is 6.39. The molecule has 1 aromatic carbocycles. The largest absolute Gasteiger partial charge is 0.486 e. The summed E-state index contributed by atoms with van der Waals surface area (Å²) in [6.07, 6.45) is -0.114. The van der Waals surface area contributed by atoms with E-state index < -0.39 is 5.63 Å².